The maximum atomic E-state index is 10.9. The van der Waals surface area contributed by atoms with Gasteiger partial charge in [0, 0.05) is 0 Å². The highest BCUT2D eigenvalue weighted by Gasteiger charge is 2.40. The van der Waals surface area contributed by atoms with Crippen LogP contribution in [0.3, 0.4) is 0 Å². The molecule has 4 atom stereocenters. The monoisotopic (exact) mass is 196 g/mol. The van der Waals surface area contributed by atoms with E-state index in [0.717, 1.165) is 30.6 Å². The van der Waals surface area contributed by atoms with Crippen LogP contribution in [0.2, 0.25) is 0 Å². The first-order chi connectivity index (χ1) is 6.70. The number of hydrogen-bond acceptors (Lipinski definition) is 1. The van der Waals surface area contributed by atoms with Crippen LogP contribution in [0.15, 0.2) is 0 Å². The van der Waals surface area contributed by atoms with E-state index in [-0.39, 0.29) is 5.92 Å². The maximum absolute atomic E-state index is 10.9. The van der Waals surface area contributed by atoms with Gasteiger partial charge in [0.15, 0.2) is 0 Å². The Hall–Kier alpha value is -0.530. The zero-order valence-corrected chi connectivity index (χ0v) is 8.91. The molecule has 0 radical (unpaired) electrons. The molecule has 2 aliphatic rings. The normalized spacial score (nSPS) is 37.4. The molecule has 0 spiro atoms. The van der Waals surface area contributed by atoms with Crippen molar-refractivity contribution in [2.24, 2.45) is 23.7 Å². The Morgan fingerprint density at radius 3 is 2.64 bits per heavy atom. The summed E-state index contributed by atoms with van der Waals surface area (Å²) in [6.45, 7) is 1.99. The minimum atomic E-state index is -0.588. The molecule has 2 fully saturated rings. The molecular formula is C12H20O2. The van der Waals surface area contributed by atoms with Gasteiger partial charge in [0.2, 0.25) is 0 Å². The minimum absolute atomic E-state index is 0.0839. The first kappa shape index (κ1) is 10.0. The lowest BCUT2D eigenvalue weighted by Crippen LogP contribution is -2.20. The van der Waals surface area contributed by atoms with Gasteiger partial charge < -0.3 is 5.11 Å². The molecule has 0 amide bonds. The van der Waals surface area contributed by atoms with Crippen LogP contribution in [0.1, 0.15) is 45.4 Å². The van der Waals surface area contributed by atoms with Gasteiger partial charge in [-0.1, -0.05) is 13.3 Å². The van der Waals surface area contributed by atoms with Gasteiger partial charge >= 0.3 is 5.97 Å². The largest absolute Gasteiger partial charge is 0.481 e. The lowest BCUT2D eigenvalue weighted by Gasteiger charge is -2.24. The van der Waals surface area contributed by atoms with Gasteiger partial charge in [0.05, 0.1) is 5.92 Å². The Labute approximate surface area is 85.7 Å². The van der Waals surface area contributed by atoms with E-state index in [4.69, 9.17) is 5.11 Å². The van der Waals surface area contributed by atoms with E-state index < -0.39 is 5.97 Å². The van der Waals surface area contributed by atoms with E-state index in [1.165, 1.54) is 25.7 Å². The van der Waals surface area contributed by atoms with Crippen LogP contribution in [-0.2, 0) is 4.79 Å². The predicted octanol–water partition coefficient (Wildman–Crippen LogP) is 2.92. The van der Waals surface area contributed by atoms with Gasteiger partial charge in [-0.15, -0.1) is 0 Å². The molecule has 0 saturated heterocycles. The van der Waals surface area contributed by atoms with E-state index >= 15 is 0 Å². The molecule has 0 aromatic carbocycles. The molecule has 14 heavy (non-hydrogen) atoms. The van der Waals surface area contributed by atoms with Crippen molar-refractivity contribution in [3.05, 3.63) is 0 Å². The molecule has 2 bridgehead atoms. The molecule has 2 saturated carbocycles. The molecule has 1 N–H and O–H groups in total. The van der Waals surface area contributed by atoms with E-state index in [0.29, 0.717) is 0 Å². The zero-order chi connectivity index (χ0) is 10.1. The fourth-order valence-electron chi connectivity index (χ4n) is 3.47. The molecule has 2 rings (SSSR count). The summed E-state index contributed by atoms with van der Waals surface area (Å²) in [5.74, 6) is 1.87. The second-order valence-corrected chi connectivity index (χ2v) is 5.11. The summed E-state index contributed by atoms with van der Waals surface area (Å²) in [5, 5.41) is 9.00. The number of rotatable bonds is 4. The third-order valence-corrected chi connectivity index (χ3v) is 4.31. The maximum Gasteiger partial charge on any atom is 0.306 e. The number of aliphatic carboxylic acids is 1. The fraction of sp³-hybridized carbons (Fsp3) is 0.917. The van der Waals surface area contributed by atoms with Gasteiger partial charge in [-0.05, 0) is 49.9 Å². The van der Waals surface area contributed by atoms with Gasteiger partial charge in [0.1, 0.15) is 0 Å². The Kier molecular flexibility index (Phi) is 2.80. The third-order valence-electron chi connectivity index (χ3n) is 4.31. The summed E-state index contributed by atoms with van der Waals surface area (Å²) in [6.07, 6.45) is 7.21. The summed E-state index contributed by atoms with van der Waals surface area (Å²) in [4.78, 5) is 10.9. The molecule has 0 aliphatic heterocycles. The molecule has 2 heteroatoms. The Morgan fingerprint density at radius 1 is 1.43 bits per heavy atom. The van der Waals surface area contributed by atoms with Gasteiger partial charge in [-0.3, -0.25) is 4.79 Å². The van der Waals surface area contributed by atoms with Crippen molar-refractivity contribution in [2.75, 3.05) is 0 Å². The lowest BCUT2D eigenvalue weighted by molar-refractivity contribution is -0.142. The first-order valence-corrected chi connectivity index (χ1v) is 5.93. The average Bonchev–Trinajstić information content (AvgIpc) is 2.74. The zero-order valence-electron chi connectivity index (χ0n) is 8.91. The Morgan fingerprint density at radius 2 is 2.21 bits per heavy atom. The molecule has 2 nitrogen and oxygen atoms in total. The van der Waals surface area contributed by atoms with E-state index in [9.17, 15) is 4.79 Å². The predicted molar refractivity (Wildman–Crippen MR) is 55.0 cm³/mol. The van der Waals surface area contributed by atoms with Crippen molar-refractivity contribution >= 4 is 5.97 Å². The SMILES string of the molecule is CCC(CC1CC2CCC1C2)C(=O)O. The summed E-state index contributed by atoms with van der Waals surface area (Å²) < 4.78 is 0. The molecule has 80 valence electrons. The standard InChI is InChI=1S/C12H20O2/c1-2-9(12(13)14)7-11-6-8-3-4-10(11)5-8/h8-11H,2-7H2,1H3,(H,13,14). The minimum Gasteiger partial charge on any atom is -0.481 e. The Balaban J connectivity index is 1.88. The fourth-order valence-corrected chi connectivity index (χ4v) is 3.47. The van der Waals surface area contributed by atoms with Gasteiger partial charge in [-0.25, -0.2) is 0 Å². The van der Waals surface area contributed by atoms with Crippen LogP contribution >= 0.6 is 0 Å². The topological polar surface area (TPSA) is 37.3 Å². The summed E-state index contributed by atoms with van der Waals surface area (Å²) in [6, 6.07) is 0. The molecule has 0 aromatic heterocycles. The van der Waals surface area contributed by atoms with Crippen LogP contribution in [0.5, 0.6) is 0 Å². The van der Waals surface area contributed by atoms with Gasteiger partial charge in [0.25, 0.3) is 0 Å². The molecule has 2 aliphatic carbocycles. The van der Waals surface area contributed by atoms with Crippen LogP contribution < -0.4 is 0 Å². The number of carboxylic acids is 1. The van der Waals surface area contributed by atoms with Crippen molar-refractivity contribution in [3.8, 4) is 0 Å². The number of carboxylic acid groups (broad SMARTS) is 1. The van der Waals surface area contributed by atoms with Crippen molar-refractivity contribution in [1.29, 1.82) is 0 Å². The highest BCUT2D eigenvalue weighted by Crippen LogP contribution is 2.50. The average molecular weight is 196 g/mol. The lowest BCUT2D eigenvalue weighted by atomic mass is 9.81. The van der Waals surface area contributed by atoms with Crippen molar-refractivity contribution in [3.63, 3.8) is 0 Å². The van der Waals surface area contributed by atoms with E-state index in [1.807, 2.05) is 6.92 Å². The number of hydrogen-bond donors (Lipinski definition) is 1. The number of carbonyl (C=O) groups is 1. The number of fused-ring (bicyclic) bond motifs is 2. The molecule has 0 aromatic rings. The molecule has 0 heterocycles. The second-order valence-electron chi connectivity index (χ2n) is 5.11. The van der Waals surface area contributed by atoms with Crippen LogP contribution in [0.4, 0.5) is 0 Å². The van der Waals surface area contributed by atoms with Crippen molar-refractivity contribution < 1.29 is 9.90 Å². The van der Waals surface area contributed by atoms with Crippen molar-refractivity contribution in [2.45, 2.75) is 45.4 Å². The third kappa shape index (κ3) is 1.79. The van der Waals surface area contributed by atoms with E-state index in [1.54, 1.807) is 0 Å². The Bertz CT molecular complexity index is 224. The summed E-state index contributed by atoms with van der Waals surface area (Å²) in [7, 11) is 0. The van der Waals surface area contributed by atoms with Crippen molar-refractivity contribution in [1.82, 2.24) is 0 Å². The van der Waals surface area contributed by atoms with E-state index in [2.05, 4.69) is 0 Å². The van der Waals surface area contributed by atoms with Crippen LogP contribution in [-0.4, -0.2) is 11.1 Å². The van der Waals surface area contributed by atoms with Crippen LogP contribution in [0, 0.1) is 23.7 Å². The van der Waals surface area contributed by atoms with Crippen LogP contribution in [0.25, 0.3) is 0 Å². The molecule has 4 unspecified atom stereocenters. The molecular weight excluding hydrogens is 176 g/mol. The first-order valence-electron chi connectivity index (χ1n) is 5.93. The highest BCUT2D eigenvalue weighted by molar-refractivity contribution is 5.69. The summed E-state index contributed by atoms with van der Waals surface area (Å²) >= 11 is 0. The van der Waals surface area contributed by atoms with Gasteiger partial charge in [-0.2, -0.15) is 0 Å². The smallest absolute Gasteiger partial charge is 0.306 e. The quantitative estimate of drug-likeness (QED) is 0.750. The highest BCUT2D eigenvalue weighted by atomic mass is 16.4. The second kappa shape index (κ2) is 3.92. The summed E-state index contributed by atoms with van der Waals surface area (Å²) in [5.41, 5.74) is 0.